The lowest BCUT2D eigenvalue weighted by atomic mass is 10.3. The molecule has 7 nitrogen and oxygen atoms in total. The summed E-state index contributed by atoms with van der Waals surface area (Å²) < 4.78 is 46.3. The second-order valence-electron chi connectivity index (χ2n) is 4.77. The molecular weight excluding hydrogens is 325 g/mol. The van der Waals surface area contributed by atoms with Gasteiger partial charge in [0.05, 0.1) is 13.4 Å². The number of ether oxygens (including phenoxy) is 1. The van der Waals surface area contributed by atoms with Crippen LogP contribution in [0.2, 0.25) is 0 Å². The average Bonchev–Trinajstić information content (AvgIpc) is 2.51. The average molecular weight is 341 g/mol. The molecule has 0 aliphatic rings. The Hall–Kier alpha value is -2.26. The monoisotopic (exact) mass is 341 g/mol. The molecule has 0 amide bonds. The summed E-state index contributed by atoms with van der Waals surface area (Å²) in [4.78, 5) is 15.4. The highest BCUT2D eigenvalue weighted by molar-refractivity contribution is 7.89. The van der Waals surface area contributed by atoms with Gasteiger partial charge in [0.25, 0.3) is 5.56 Å². The summed E-state index contributed by atoms with van der Waals surface area (Å²) in [6.45, 7) is 1.67. The number of benzene rings is 1. The van der Waals surface area contributed by atoms with Crippen molar-refractivity contribution in [2.45, 2.75) is 18.4 Å². The van der Waals surface area contributed by atoms with Crippen molar-refractivity contribution in [2.75, 3.05) is 13.7 Å². The number of nitrogens with one attached hydrogen (secondary N) is 1. The summed E-state index contributed by atoms with van der Waals surface area (Å²) in [5.41, 5.74) is 0.213. The molecule has 9 heteroatoms. The van der Waals surface area contributed by atoms with Gasteiger partial charge in [-0.1, -0.05) is 0 Å². The molecule has 0 radical (unpaired) electrons. The molecule has 0 saturated carbocycles. The Morgan fingerprint density at radius 3 is 2.83 bits per heavy atom. The van der Waals surface area contributed by atoms with Crippen LogP contribution in [0.1, 0.15) is 5.56 Å². The molecule has 0 unspecified atom stereocenters. The van der Waals surface area contributed by atoms with Gasteiger partial charge in [-0.3, -0.25) is 9.36 Å². The Morgan fingerprint density at radius 2 is 2.13 bits per heavy atom. The first kappa shape index (κ1) is 17.1. The molecule has 23 heavy (non-hydrogen) atoms. The van der Waals surface area contributed by atoms with Crippen LogP contribution in [0.5, 0.6) is 5.75 Å². The Bertz CT molecular complexity index is 865. The van der Waals surface area contributed by atoms with Crippen molar-refractivity contribution in [2.24, 2.45) is 0 Å². The van der Waals surface area contributed by atoms with E-state index in [-0.39, 0.29) is 29.3 Å². The van der Waals surface area contributed by atoms with Crippen LogP contribution in [0.3, 0.4) is 0 Å². The molecular formula is C14H16FN3O4S. The first-order valence-corrected chi connectivity index (χ1v) is 8.17. The van der Waals surface area contributed by atoms with Crippen molar-refractivity contribution in [3.05, 3.63) is 52.5 Å². The summed E-state index contributed by atoms with van der Waals surface area (Å²) in [7, 11) is -2.67. The fourth-order valence-corrected chi connectivity index (χ4v) is 3.16. The molecule has 0 fully saturated rings. The van der Waals surface area contributed by atoms with Crippen LogP contribution in [0.15, 0.2) is 40.4 Å². The van der Waals surface area contributed by atoms with Crippen molar-refractivity contribution >= 4 is 10.0 Å². The highest BCUT2D eigenvalue weighted by atomic mass is 32.2. The van der Waals surface area contributed by atoms with Gasteiger partial charge in [0.2, 0.25) is 10.0 Å². The number of rotatable bonds is 6. The predicted molar refractivity (Wildman–Crippen MR) is 81.4 cm³/mol. The van der Waals surface area contributed by atoms with E-state index in [9.17, 15) is 17.6 Å². The fourth-order valence-electron chi connectivity index (χ4n) is 1.96. The third kappa shape index (κ3) is 3.93. The Labute approximate surface area is 132 Å². The van der Waals surface area contributed by atoms with Gasteiger partial charge in [0.1, 0.15) is 16.5 Å². The topological polar surface area (TPSA) is 90.3 Å². The quantitative estimate of drug-likeness (QED) is 0.834. The van der Waals surface area contributed by atoms with Gasteiger partial charge in [-0.25, -0.2) is 22.5 Å². The third-order valence-electron chi connectivity index (χ3n) is 3.13. The van der Waals surface area contributed by atoms with Gasteiger partial charge in [0.15, 0.2) is 0 Å². The first-order valence-electron chi connectivity index (χ1n) is 6.69. The lowest BCUT2D eigenvalue weighted by molar-refractivity contribution is 0.400. The van der Waals surface area contributed by atoms with Crippen LogP contribution in [0, 0.1) is 12.7 Å². The first-order chi connectivity index (χ1) is 10.8. The van der Waals surface area contributed by atoms with Crippen LogP contribution in [-0.2, 0) is 16.6 Å². The van der Waals surface area contributed by atoms with Crippen molar-refractivity contribution < 1.29 is 17.5 Å². The van der Waals surface area contributed by atoms with Gasteiger partial charge in [-0.2, -0.15) is 0 Å². The van der Waals surface area contributed by atoms with Gasteiger partial charge >= 0.3 is 0 Å². The molecule has 1 aromatic carbocycles. The molecule has 0 aliphatic heterocycles. The Kier molecular flexibility index (Phi) is 5.12. The molecule has 0 aliphatic carbocycles. The summed E-state index contributed by atoms with van der Waals surface area (Å²) >= 11 is 0. The van der Waals surface area contributed by atoms with E-state index in [0.29, 0.717) is 5.56 Å². The molecule has 0 bridgehead atoms. The number of halogens is 1. The normalized spacial score (nSPS) is 11.4. The SMILES string of the molecule is COc1ccc(F)cc1S(=O)(=O)NCCn1cncc(C)c1=O. The highest BCUT2D eigenvalue weighted by Crippen LogP contribution is 2.23. The Balaban J connectivity index is 2.15. The largest absolute Gasteiger partial charge is 0.495 e. The van der Waals surface area contributed by atoms with E-state index in [1.165, 1.54) is 30.3 Å². The van der Waals surface area contributed by atoms with Gasteiger partial charge in [-0.15, -0.1) is 0 Å². The predicted octanol–water partition coefficient (Wildman–Crippen LogP) is 0.678. The van der Waals surface area contributed by atoms with Gasteiger partial charge in [0, 0.05) is 24.8 Å². The van der Waals surface area contributed by atoms with Crippen LogP contribution < -0.4 is 15.0 Å². The fraction of sp³-hybridized carbons (Fsp3) is 0.286. The second-order valence-corrected chi connectivity index (χ2v) is 6.50. The van der Waals surface area contributed by atoms with Crippen molar-refractivity contribution in [3.8, 4) is 5.75 Å². The van der Waals surface area contributed by atoms with E-state index in [1.54, 1.807) is 6.92 Å². The number of hydrogen-bond donors (Lipinski definition) is 1. The molecule has 124 valence electrons. The van der Waals surface area contributed by atoms with Crippen molar-refractivity contribution in [1.82, 2.24) is 14.3 Å². The zero-order valence-electron chi connectivity index (χ0n) is 12.6. The maximum atomic E-state index is 13.3. The number of aromatic nitrogens is 2. The van der Waals surface area contributed by atoms with Crippen molar-refractivity contribution in [1.29, 1.82) is 0 Å². The third-order valence-corrected chi connectivity index (χ3v) is 4.61. The number of methoxy groups -OCH3 is 1. The molecule has 0 spiro atoms. The summed E-state index contributed by atoms with van der Waals surface area (Å²) in [6.07, 6.45) is 2.76. The zero-order valence-corrected chi connectivity index (χ0v) is 13.4. The lowest BCUT2D eigenvalue weighted by Crippen LogP contribution is -2.31. The number of hydrogen-bond acceptors (Lipinski definition) is 5. The second kappa shape index (κ2) is 6.88. The van der Waals surface area contributed by atoms with Gasteiger partial charge < -0.3 is 4.74 Å². The smallest absolute Gasteiger partial charge is 0.256 e. The van der Waals surface area contributed by atoms with E-state index in [0.717, 1.165) is 12.1 Å². The highest BCUT2D eigenvalue weighted by Gasteiger charge is 2.20. The zero-order chi connectivity index (χ0) is 17.0. The summed E-state index contributed by atoms with van der Waals surface area (Å²) in [5.74, 6) is -0.654. The molecule has 1 heterocycles. The molecule has 1 aromatic heterocycles. The number of sulfonamides is 1. The maximum absolute atomic E-state index is 13.3. The van der Waals surface area contributed by atoms with Crippen molar-refractivity contribution in [3.63, 3.8) is 0 Å². The summed E-state index contributed by atoms with van der Waals surface area (Å²) in [5, 5.41) is 0. The van der Waals surface area contributed by atoms with E-state index in [1.807, 2.05) is 0 Å². The van der Waals surface area contributed by atoms with Crippen LogP contribution in [0.4, 0.5) is 4.39 Å². The van der Waals surface area contributed by atoms with Crippen LogP contribution in [0.25, 0.3) is 0 Å². The molecule has 2 rings (SSSR count). The van der Waals surface area contributed by atoms with E-state index in [2.05, 4.69) is 9.71 Å². The minimum absolute atomic E-state index is 0.0355. The Morgan fingerprint density at radius 1 is 1.39 bits per heavy atom. The molecule has 0 saturated heterocycles. The van der Waals surface area contributed by atoms with Gasteiger partial charge in [-0.05, 0) is 25.1 Å². The molecule has 1 N–H and O–H groups in total. The minimum atomic E-state index is -3.97. The van der Waals surface area contributed by atoms with E-state index in [4.69, 9.17) is 4.74 Å². The number of aryl methyl sites for hydroxylation is 1. The molecule has 2 aromatic rings. The van der Waals surface area contributed by atoms with Crippen LogP contribution >= 0.6 is 0 Å². The standard InChI is InChI=1S/C14H16FN3O4S/c1-10-8-16-9-18(14(10)19)6-5-17-23(20,21)13-7-11(15)3-4-12(13)22-2/h3-4,7-9,17H,5-6H2,1-2H3. The number of nitrogens with zero attached hydrogens (tertiary/aromatic N) is 2. The maximum Gasteiger partial charge on any atom is 0.256 e. The van der Waals surface area contributed by atoms with E-state index < -0.39 is 15.8 Å². The van der Waals surface area contributed by atoms with Crippen LogP contribution in [-0.4, -0.2) is 31.6 Å². The minimum Gasteiger partial charge on any atom is -0.495 e. The van der Waals surface area contributed by atoms with E-state index >= 15 is 0 Å². The lowest BCUT2D eigenvalue weighted by Gasteiger charge is -2.11. The summed E-state index contributed by atoms with van der Waals surface area (Å²) in [6, 6.07) is 3.22. The molecule has 0 atom stereocenters.